The number of hydrogen-bond donors (Lipinski definition) is 1. The Hall–Kier alpha value is -1.19. The molecular formula is C10H13F3N2O3S. The Morgan fingerprint density at radius 1 is 1.37 bits per heavy atom. The molecule has 0 spiro atoms. The number of rotatable bonds is 5. The van der Waals surface area contributed by atoms with E-state index in [0.29, 0.717) is 9.87 Å². The average Bonchev–Trinajstić information content (AvgIpc) is 2.34. The van der Waals surface area contributed by atoms with E-state index in [0.717, 1.165) is 12.3 Å². The van der Waals surface area contributed by atoms with Crippen molar-refractivity contribution in [1.82, 2.24) is 9.29 Å². The van der Waals surface area contributed by atoms with E-state index in [1.54, 1.807) is 0 Å². The third-order valence-corrected chi connectivity index (χ3v) is 4.13. The number of alkyl halides is 3. The van der Waals surface area contributed by atoms with Crippen molar-refractivity contribution < 1.29 is 26.7 Å². The highest BCUT2D eigenvalue weighted by molar-refractivity contribution is 7.89. The summed E-state index contributed by atoms with van der Waals surface area (Å²) in [6.45, 7) is -0.890. The smallest absolute Gasteiger partial charge is 0.392 e. The highest BCUT2D eigenvalue weighted by Crippen LogP contribution is 2.21. The summed E-state index contributed by atoms with van der Waals surface area (Å²) in [5, 5.41) is 8.31. The van der Waals surface area contributed by atoms with Gasteiger partial charge in [-0.25, -0.2) is 13.4 Å². The topological polar surface area (TPSA) is 70.5 Å². The van der Waals surface area contributed by atoms with Crippen molar-refractivity contribution in [3.05, 3.63) is 23.9 Å². The summed E-state index contributed by atoms with van der Waals surface area (Å²) < 4.78 is 61.1. The van der Waals surface area contributed by atoms with E-state index in [9.17, 15) is 21.6 Å². The Morgan fingerprint density at radius 2 is 2.00 bits per heavy atom. The Morgan fingerprint density at radius 3 is 2.37 bits per heavy atom. The molecule has 5 nitrogen and oxygen atoms in total. The molecule has 0 saturated heterocycles. The van der Waals surface area contributed by atoms with E-state index in [1.165, 1.54) is 13.0 Å². The summed E-state index contributed by atoms with van der Waals surface area (Å²) in [4.78, 5) is 3.56. The van der Waals surface area contributed by atoms with Gasteiger partial charge < -0.3 is 5.11 Å². The van der Waals surface area contributed by atoms with Gasteiger partial charge in [0.25, 0.3) is 10.0 Å². The normalized spacial score (nSPS) is 12.9. The van der Waals surface area contributed by atoms with Gasteiger partial charge >= 0.3 is 6.18 Å². The van der Waals surface area contributed by atoms with Crippen LogP contribution in [0.3, 0.4) is 0 Å². The molecule has 0 fully saturated rings. The maximum Gasteiger partial charge on any atom is 0.402 e. The number of aliphatic hydroxyl groups is 1. The molecule has 0 aliphatic carbocycles. The van der Waals surface area contributed by atoms with Gasteiger partial charge in [-0.3, -0.25) is 0 Å². The van der Waals surface area contributed by atoms with Crippen molar-refractivity contribution in [2.24, 2.45) is 0 Å². The maximum absolute atomic E-state index is 12.3. The molecule has 0 saturated carbocycles. The van der Waals surface area contributed by atoms with Crippen molar-refractivity contribution >= 4 is 10.0 Å². The average molecular weight is 298 g/mol. The van der Waals surface area contributed by atoms with Gasteiger partial charge in [0.15, 0.2) is 5.03 Å². The van der Waals surface area contributed by atoms with E-state index < -0.39 is 27.8 Å². The van der Waals surface area contributed by atoms with Crippen LogP contribution in [0.25, 0.3) is 0 Å². The summed E-state index contributed by atoms with van der Waals surface area (Å²) in [6, 6.07) is 2.36. The van der Waals surface area contributed by atoms with Crippen LogP contribution >= 0.6 is 0 Å². The number of aliphatic hydroxyl groups excluding tert-OH is 1. The molecule has 0 aromatic carbocycles. The van der Waals surface area contributed by atoms with Gasteiger partial charge in [-0.2, -0.15) is 17.5 Å². The van der Waals surface area contributed by atoms with Crippen molar-refractivity contribution in [2.45, 2.75) is 24.7 Å². The van der Waals surface area contributed by atoms with Crippen molar-refractivity contribution in [1.29, 1.82) is 0 Å². The lowest BCUT2D eigenvalue weighted by atomic mass is 10.3. The van der Waals surface area contributed by atoms with Gasteiger partial charge in [-0.15, -0.1) is 0 Å². The van der Waals surface area contributed by atoms with E-state index >= 15 is 0 Å². The third kappa shape index (κ3) is 4.15. The van der Waals surface area contributed by atoms with E-state index in [1.807, 2.05) is 0 Å². The van der Waals surface area contributed by atoms with Gasteiger partial charge in [0.05, 0.1) is 6.61 Å². The molecule has 1 aromatic heterocycles. The lowest BCUT2D eigenvalue weighted by molar-refractivity contribution is -0.135. The number of halogens is 3. The second-order valence-corrected chi connectivity index (χ2v) is 5.59. The van der Waals surface area contributed by atoms with Crippen LogP contribution in [0.1, 0.15) is 12.5 Å². The van der Waals surface area contributed by atoms with Crippen LogP contribution in [0.15, 0.2) is 23.4 Å². The van der Waals surface area contributed by atoms with Crippen molar-refractivity contribution in [3.63, 3.8) is 0 Å². The van der Waals surface area contributed by atoms with Gasteiger partial charge in [-0.05, 0) is 11.6 Å². The second-order valence-electron chi connectivity index (χ2n) is 3.71. The Balaban J connectivity index is 3.06. The van der Waals surface area contributed by atoms with E-state index in [-0.39, 0.29) is 13.2 Å². The fraction of sp³-hybridized carbons (Fsp3) is 0.500. The van der Waals surface area contributed by atoms with E-state index in [2.05, 4.69) is 4.98 Å². The molecule has 108 valence electrons. The summed E-state index contributed by atoms with van der Waals surface area (Å²) in [5.41, 5.74) is 0.373. The number of hydrogen-bond acceptors (Lipinski definition) is 4. The van der Waals surface area contributed by atoms with Gasteiger partial charge in [0, 0.05) is 12.7 Å². The van der Waals surface area contributed by atoms with Gasteiger partial charge in [-0.1, -0.05) is 13.0 Å². The second kappa shape index (κ2) is 5.85. The zero-order valence-corrected chi connectivity index (χ0v) is 10.9. The number of nitrogens with zero attached hydrogens (tertiary/aromatic N) is 2. The molecule has 0 radical (unpaired) electrons. The van der Waals surface area contributed by atoms with Crippen LogP contribution in [-0.2, 0) is 16.6 Å². The van der Waals surface area contributed by atoms with Crippen LogP contribution < -0.4 is 0 Å². The van der Waals surface area contributed by atoms with Crippen molar-refractivity contribution in [2.75, 3.05) is 13.1 Å². The van der Waals surface area contributed by atoms with Gasteiger partial charge in [0.2, 0.25) is 0 Å². The van der Waals surface area contributed by atoms with Crippen LogP contribution in [-0.4, -0.2) is 42.1 Å². The molecule has 19 heavy (non-hydrogen) atoms. The minimum atomic E-state index is -4.62. The van der Waals surface area contributed by atoms with Crippen LogP contribution in [0.5, 0.6) is 0 Å². The molecule has 0 unspecified atom stereocenters. The number of aromatic nitrogens is 1. The Bertz CT molecular complexity index is 514. The quantitative estimate of drug-likeness (QED) is 0.885. The molecule has 0 aliphatic heterocycles. The summed E-state index contributed by atoms with van der Waals surface area (Å²) in [5.74, 6) is 0. The first-order valence-corrected chi connectivity index (χ1v) is 6.77. The molecule has 0 atom stereocenters. The third-order valence-electron chi connectivity index (χ3n) is 2.29. The number of pyridine rings is 1. The SMILES string of the molecule is CCN(CC(F)(F)F)S(=O)(=O)c1ccc(CO)cn1. The summed E-state index contributed by atoms with van der Waals surface area (Å²) >= 11 is 0. The first-order valence-electron chi connectivity index (χ1n) is 5.33. The first-order chi connectivity index (χ1) is 8.70. The molecule has 1 rings (SSSR count). The fourth-order valence-electron chi connectivity index (χ4n) is 1.36. The largest absolute Gasteiger partial charge is 0.402 e. The predicted molar refractivity (Wildman–Crippen MR) is 60.6 cm³/mol. The van der Waals surface area contributed by atoms with Crippen LogP contribution in [0.4, 0.5) is 13.2 Å². The molecule has 0 bridgehead atoms. The maximum atomic E-state index is 12.3. The number of sulfonamides is 1. The Kier molecular flexibility index (Phi) is 4.88. The molecule has 1 aromatic rings. The minimum absolute atomic E-state index is 0.300. The van der Waals surface area contributed by atoms with Crippen LogP contribution in [0, 0.1) is 0 Å². The Labute approximate surface area is 108 Å². The summed E-state index contributed by atoms with van der Waals surface area (Å²) in [6.07, 6.45) is -3.51. The monoisotopic (exact) mass is 298 g/mol. The fourth-order valence-corrected chi connectivity index (χ4v) is 2.70. The minimum Gasteiger partial charge on any atom is -0.392 e. The molecule has 1 N–H and O–H groups in total. The standard InChI is InChI=1S/C10H13F3N2O3S/c1-2-15(7-10(11,12)13)19(17,18)9-4-3-8(6-16)5-14-9/h3-5,16H,2,6-7H2,1H3. The van der Waals surface area contributed by atoms with Gasteiger partial charge in [0.1, 0.15) is 6.54 Å². The lowest BCUT2D eigenvalue weighted by Crippen LogP contribution is -2.39. The molecule has 9 heteroatoms. The van der Waals surface area contributed by atoms with E-state index in [4.69, 9.17) is 5.11 Å². The first kappa shape index (κ1) is 15.9. The zero-order chi connectivity index (χ0) is 14.7. The molecule has 1 heterocycles. The lowest BCUT2D eigenvalue weighted by Gasteiger charge is -2.21. The zero-order valence-electron chi connectivity index (χ0n) is 10.1. The molecular weight excluding hydrogens is 285 g/mol. The van der Waals surface area contributed by atoms with Crippen LogP contribution in [0.2, 0.25) is 0 Å². The predicted octanol–water partition coefficient (Wildman–Crippen LogP) is 1.15. The highest BCUT2D eigenvalue weighted by atomic mass is 32.2. The molecule has 0 amide bonds. The van der Waals surface area contributed by atoms with Crippen molar-refractivity contribution in [3.8, 4) is 0 Å². The highest BCUT2D eigenvalue weighted by Gasteiger charge is 2.36. The summed E-state index contributed by atoms with van der Waals surface area (Å²) in [7, 11) is -4.29. The molecule has 0 aliphatic rings.